The second-order valence-corrected chi connectivity index (χ2v) is 4.20. The van der Waals surface area contributed by atoms with Crippen LogP contribution >= 0.6 is 15.9 Å². The molecule has 0 N–H and O–H groups in total. The third-order valence-corrected chi connectivity index (χ3v) is 3.42. The van der Waals surface area contributed by atoms with E-state index in [1.54, 1.807) is 0 Å². The van der Waals surface area contributed by atoms with E-state index in [0.717, 1.165) is 11.2 Å². The third-order valence-electron chi connectivity index (χ3n) is 2.72. The zero-order chi connectivity index (χ0) is 9.68. The van der Waals surface area contributed by atoms with Crippen molar-refractivity contribution in [3.63, 3.8) is 0 Å². The van der Waals surface area contributed by atoms with Gasteiger partial charge in [-0.1, -0.05) is 66.5 Å². The highest BCUT2D eigenvalue weighted by Gasteiger charge is 2.15. The standard InChI is InChI=1S/C12H17Br/c1-3-10(2)12(9-13)11-7-5-4-6-8-11/h4-8,10,12H,3,9H2,1-2H3. The summed E-state index contributed by atoms with van der Waals surface area (Å²) in [4.78, 5) is 0. The van der Waals surface area contributed by atoms with Gasteiger partial charge in [0.05, 0.1) is 0 Å². The minimum absolute atomic E-state index is 0.659. The maximum Gasteiger partial charge on any atom is 0.0103 e. The molecule has 1 heteroatoms. The molecule has 0 saturated heterocycles. The van der Waals surface area contributed by atoms with E-state index >= 15 is 0 Å². The summed E-state index contributed by atoms with van der Waals surface area (Å²) >= 11 is 3.59. The lowest BCUT2D eigenvalue weighted by Gasteiger charge is -2.20. The fraction of sp³-hybridized carbons (Fsp3) is 0.500. The first kappa shape index (κ1) is 10.8. The van der Waals surface area contributed by atoms with Crippen molar-refractivity contribution < 1.29 is 0 Å². The summed E-state index contributed by atoms with van der Waals surface area (Å²) in [7, 11) is 0. The lowest BCUT2D eigenvalue weighted by molar-refractivity contribution is 0.480. The zero-order valence-corrected chi connectivity index (χ0v) is 9.92. The first-order valence-corrected chi connectivity index (χ1v) is 6.02. The Kier molecular flexibility index (Phi) is 4.51. The second kappa shape index (κ2) is 5.43. The minimum atomic E-state index is 0.659. The predicted molar refractivity (Wildman–Crippen MR) is 62.4 cm³/mol. The molecule has 0 nitrogen and oxygen atoms in total. The molecular weight excluding hydrogens is 224 g/mol. The van der Waals surface area contributed by atoms with Crippen molar-refractivity contribution in [1.29, 1.82) is 0 Å². The molecule has 0 spiro atoms. The number of hydrogen-bond acceptors (Lipinski definition) is 0. The van der Waals surface area contributed by atoms with Gasteiger partial charge in [0, 0.05) is 5.33 Å². The van der Waals surface area contributed by atoms with Gasteiger partial charge in [-0.2, -0.15) is 0 Å². The first-order chi connectivity index (χ1) is 6.29. The van der Waals surface area contributed by atoms with E-state index in [0.29, 0.717) is 5.92 Å². The van der Waals surface area contributed by atoms with Crippen LogP contribution in [0.15, 0.2) is 30.3 Å². The van der Waals surface area contributed by atoms with Gasteiger partial charge in [0.15, 0.2) is 0 Å². The van der Waals surface area contributed by atoms with Crippen molar-refractivity contribution in [2.24, 2.45) is 5.92 Å². The molecule has 0 radical (unpaired) electrons. The average Bonchev–Trinajstić information content (AvgIpc) is 2.20. The molecule has 2 unspecified atom stereocenters. The molecule has 72 valence electrons. The van der Waals surface area contributed by atoms with E-state index in [1.165, 1.54) is 12.0 Å². The molecule has 0 bridgehead atoms. The molecule has 0 fully saturated rings. The van der Waals surface area contributed by atoms with Crippen molar-refractivity contribution in [1.82, 2.24) is 0 Å². The van der Waals surface area contributed by atoms with Crippen LogP contribution in [0, 0.1) is 5.92 Å². The van der Waals surface area contributed by atoms with E-state index in [-0.39, 0.29) is 0 Å². The Balaban J connectivity index is 2.78. The van der Waals surface area contributed by atoms with Gasteiger partial charge < -0.3 is 0 Å². The van der Waals surface area contributed by atoms with Crippen LogP contribution in [-0.2, 0) is 0 Å². The van der Waals surface area contributed by atoms with E-state index in [9.17, 15) is 0 Å². The van der Waals surface area contributed by atoms with Gasteiger partial charge in [-0.05, 0) is 17.4 Å². The third kappa shape index (κ3) is 2.84. The number of benzene rings is 1. The van der Waals surface area contributed by atoms with E-state index < -0.39 is 0 Å². The maximum atomic E-state index is 3.59. The Labute approximate surface area is 89.5 Å². The summed E-state index contributed by atoms with van der Waals surface area (Å²) < 4.78 is 0. The quantitative estimate of drug-likeness (QED) is 0.692. The van der Waals surface area contributed by atoms with Gasteiger partial charge in [0.25, 0.3) is 0 Å². The Morgan fingerprint density at radius 3 is 2.31 bits per heavy atom. The van der Waals surface area contributed by atoms with Gasteiger partial charge in [0.1, 0.15) is 0 Å². The van der Waals surface area contributed by atoms with Crippen LogP contribution in [0.25, 0.3) is 0 Å². The summed E-state index contributed by atoms with van der Waals surface area (Å²) in [6, 6.07) is 10.8. The van der Waals surface area contributed by atoms with Gasteiger partial charge in [0.2, 0.25) is 0 Å². The van der Waals surface area contributed by atoms with Gasteiger partial charge in [-0.25, -0.2) is 0 Å². The van der Waals surface area contributed by atoms with Gasteiger partial charge in [-0.15, -0.1) is 0 Å². The molecular formula is C12H17Br. The van der Waals surface area contributed by atoms with Crippen molar-refractivity contribution in [3.05, 3.63) is 35.9 Å². The van der Waals surface area contributed by atoms with E-state index in [4.69, 9.17) is 0 Å². The number of hydrogen-bond donors (Lipinski definition) is 0. The molecule has 0 amide bonds. The van der Waals surface area contributed by atoms with E-state index in [1.807, 2.05) is 0 Å². The molecule has 13 heavy (non-hydrogen) atoms. The number of rotatable bonds is 4. The topological polar surface area (TPSA) is 0 Å². The molecule has 0 heterocycles. The number of halogens is 1. The fourth-order valence-corrected chi connectivity index (χ4v) is 2.57. The molecule has 1 aromatic carbocycles. The highest BCUT2D eigenvalue weighted by Crippen LogP contribution is 2.28. The van der Waals surface area contributed by atoms with Crippen LogP contribution < -0.4 is 0 Å². The summed E-state index contributed by atoms with van der Waals surface area (Å²) in [5.74, 6) is 1.41. The molecule has 0 aromatic heterocycles. The SMILES string of the molecule is CCC(C)C(CBr)c1ccccc1. The van der Waals surface area contributed by atoms with E-state index in [2.05, 4.69) is 60.1 Å². The lowest BCUT2D eigenvalue weighted by Crippen LogP contribution is -2.10. The minimum Gasteiger partial charge on any atom is -0.0921 e. The zero-order valence-electron chi connectivity index (χ0n) is 8.33. The molecule has 0 saturated carbocycles. The normalized spacial score (nSPS) is 15.3. The molecule has 2 atom stereocenters. The van der Waals surface area contributed by atoms with Crippen LogP contribution in [0.2, 0.25) is 0 Å². The summed E-state index contributed by atoms with van der Waals surface area (Å²) in [5.41, 5.74) is 1.45. The molecule has 1 aromatic rings. The van der Waals surface area contributed by atoms with Crippen LogP contribution in [0.5, 0.6) is 0 Å². The summed E-state index contributed by atoms with van der Waals surface area (Å²) in [6.45, 7) is 4.57. The van der Waals surface area contributed by atoms with Crippen LogP contribution in [0.1, 0.15) is 31.7 Å². The largest absolute Gasteiger partial charge is 0.0921 e. The van der Waals surface area contributed by atoms with Gasteiger partial charge >= 0.3 is 0 Å². The highest BCUT2D eigenvalue weighted by atomic mass is 79.9. The van der Waals surface area contributed by atoms with Crippen molar-refractivity contribution in [3.8, 4) is 0 Å². The van der Waals surface area contributed by atoms with Gasteiger partial charge in [-0.3, -0.25) is 0 Å². The van der Waals surface area contributed by atoms with Crippen molar-refractivity contribution >= 4 is 15.9 Å². The van der Waals surface area contributed by atoms with Crippen LogP contribution in [-0.4, -0.2) is 5.33 Å². The Morgan fingerprint density at radius 2 is 1.85 bits per heavy atom. The van der Waals surface area contributed by atoms with Crippen LogP contribution in [0.4, 0.5) is 0 Å². The number of alkyl halides is 1. The second-order valence-electron chi connectivity index (χ2n) is 3.56. The molecule has 0 aliphatic heterocycles. The molecule has 0 aliphatic carbocycles. The van der Waals surface area contributed by atoms with Crippen LogP contribution in [0.3, 0.4) is 0 Å². The maximum absolute atomic E-state index is 3.59. The first-order valence-electron chi connectivity index (χ1n) is 4.90. The van der Waals surface area contributed by atoms with Crippen molar-refractivity contribution in [2.45, 2.75) is 26.2 Å². The lowest BCUT2D eigenvalue weighted by atomic mass is 9.87. The highest BCUT2D eigenvalue weighted by molar-refractivity contribution is 9.09. The predicted octanol–water partition coefficient (Wildman–Crippen LogP) is 4.21. The Morgan fingerprint density at radius 1 is 1.23 bits per heavy atom. The van der Waals surface area contributed by atoms with Crippen molar-refractivity contribution in [2.75, 3.05) is 5.33 Å². The Hall–Kier alpha value is -0.300. The summed E-state index contributed by atoms with van der Waals surface area (Å²) in [6.07, 6.45) is 1.24. The Bertz CT molecular complexity index is 230. The summed E-state index contributed by atoms with van der Waals surface area (Å²) in [5, 5.41) is 1.06. The molecule has 1 rings (SSSR count). The fourth-order valence-electron chi connectivity index (χ4n) is 1.55. The smallest absolute Gasteiger partial charge is 0.0103 e. The monoisotopic (exact) mass is 240 g/mol. The molecule has 0 aliphatic rings. The average molecular weight is 241 g/mol.